The first-order valence-corrected chi connectivity index (χ1v) is 10.8. The van der Waals surface area contributed by atoms with Crippen LogP contribution < -0.4 is 10.2 Å². The molecule has 33 heavy (non-hydrogen) atoms. The number of carbonyl (C=O) groups excluding carboxylic acids is 1. The molecule has 4 aromatic rings. The van der Waals surface area contributed by atoms with Gasteiger partial charge in [0.1, 0.15) is 5.75 Å². The lowest BCUT2D eigenvalue weighted by Crippen LogP contribution is -2.20. The van der Waals surface area contributed by atoms with Gasteiger partial charge in [-0.2, -0.15) is 5.10 Å². The number of nitrogens with one attached hydrogen (secondary N) is 1. The monoisotopic (exact) mass is 438 g/mol. The van der Waals surface area contributed by atoms with Crippen LogP contribution in [0.3, 0.4) is 0 Å². The molecule has 1 amide bonds. The zero-order valence-electron chi connectivity index (χ0n) is 18.7. The smallest absolute Gasteiger partial charge is 0.241 e. The highest BCUT2D eigenvalue weighted by Gasteiger charge is 2.15. The number of benzene rings is 3. The lowest BCUT2D eigenvalue weighted by Gasteiger charge is -2.10. The van der Waals surface area contributed by atoms with E-state index in [4.69, 9.17) is 4.74 Å². The minimum Gasteiger partial charge on any atom is -0.497 e. The maximum Gasteiger partial charge on any atom is 0.241 e. The van der Waals surface area contributed by atoms with E-state index in [0.29, 0.717) is 6.54 Å². The Bertz CT molecular complexity index is 1230. The van der Waals surface area contributed by atoms with E-state index in [-0.39, 0.29) is 12.3 Å². The normalized spacial score (nSPS) is 11.3. The molecule has 166 valence electrons. The largest absolute Gasteiger partial charge is 0.497 e. The fourth-order valence-corrected chi connectivity index (χ4v) is 3.58. The van der Waals surface area contributed by atoms with E-state index in [1.165, 1.54) is 0 Å². The number of methoxy groups -OCH3 is 1. The highest BCUT2D eigenvalue weighted by atomic mass is 16.5. The standard InChI is InChI=1S/C27H26N4O2/c1-20(21-13-15-24(33-2)16-14-21)29-30-25(32)17-18-31-19-28-26(22-9-5-3-6-10-22)27(31)23-11-7-4-8-12-23/h3-16,19H,17-18H2,1-2H3,(H,30,32). The number of nitrogens with zero attached hydrogens (tertiary/aromatic N) is 3. The van der Waals surface area contributed by atoms with Gasteiger partial charge in [0.2, 0.25) is 5.91 Å². The number of rotatable bonds is 8. The molecule has 0 saturated carbocycles. The van der Waals surface area contributed by atoms with Crippen molar-refractivity contribution in [3.05, 3.63) is 96.8 Å². The Morgan fingerprint density at radius 3 is 2.21 bits per heavy atom. The Labute approximate surface area is 193 Å². The quantitative estimate of drug-likeness (QED) is 0.305. The van der Waals surface area contributed by atoms with Gasteiger partial charge in [-0.3, -0.25) is 4.79 Å². The van der Waals surface area contributed by atoms with Crippen LogP contribution in [0.2, 0.25) is 0 Å². The molecule has 1 aromatic heterocycles. The summed E-state index contributed by atoms with van der Waals surface area (Å²) < 4.78 is 7.20. The summed E-state index contributed by atoms with van der Waals surface area (Å²) in [4.78, 5) is 17.2. The number of aromatic nitrogens is 2. The van der Waals surface area contributed by atoms with Crippen LogP contribution in [0.4, 0.5) is 0 Å². The van der Waals surface area contributed by atoms with Gasteiger partial charge in [0.05, 0.1) is 30.5 Å². The molecule has 0 saturated heterocycles. The number of aryl methyl sites for hydroxylation is 1. The van der Waals surface area contributed by atoms with Gasteiger partial charge in [-0.05, 0) is 36.8 Å². The van der Waals surface area contributed by atoms with E-state index in [0.717, 1.165) is 39.5 Å². The lowest BCUT2D eigenvalue weighted by atomic mass is 10.0. The summed E-state index contributed by atoms with van der Waals surface area (Å²) >= 11 is 0. The molecule has 0 aliphatic rings. The van der Waals surface area contributed by atoms with Crippen molar-refractivity contribution < 1.29 is 9.53 Å². The molecule has 6 nitrogen and oxygen atoms in total. The van der Waals surface area contributed by atoms with Crippen LogP contribution in [0.1, 0.15) is 18.9 Å². The van der Waals surface area contributed by atoms with Crippen molar-refractivity contribution in [3.63, 3.8) is 0 Å². The zero-order valence-corrected chi connectivity index (χ0v) is 18.7. The maximum atomic E-state index is 12.5. The van der Waals surface area contributed by atoms with Crippen molar-refractivity contribution in [1.29, 1.82) is 0 Å². The first-order valence-electron chi connectivity index (χ1n) is 10.8. The average molecular weight is 439 g/mol. The third-order valence-corrected chi connectivity index (χ3v) is 5.37. The third kappa shape index (κ3) is 5.36. The van der Waals surface area contributed by atoms with Gasteiger partial charge in [0.15, 0.2) is 0 Å². The summed E-state index contributed by atoms with van der Waals surface area (Å²) in [6, 6.07) is 27.7. The molecule has 0 spiro atoms. The molecule has 4 rings (SSSR count). The molecule has 0 aliphatic heterocycles. The lowest BCUT2D eigenvalue weighted by molar-refractivity contribution is -0.121. The molecule has 0 fully saturated rings. The Morgan fingerprint density at radius 1 is 0.939 bits per heavy atom. The molecule has 0 unspecified atom stereocenters. The number of hydrazone groups is 1. The van der Waals surface area contributed by atoms with E-state index in [9.17, 15) is 4.79 Å². The summed E-state index contributed by atoms with van der Waals surface area (Å²) in [6.07, 6.45) is 2.08. The van der Waals surface area contributed by atoms with Crippen LogP contribution >= 0.6 is 0 Å². The summed E-state index contributed by atoms with van der Waals surface area (Å²) in [5.41, 5.74) is 8.30. The van der Waals surface area contributed by atoms with Crippen molar-refractivity contribution in [2.24, 2.45) is 5.10 Å². The van der Waals surface area contributed by atoms with Crippen molar-refractivity contribution in [3.8, 4) is 28.3 Å². The van der Waals surface area contributed by atoms with Gasteiger partial charge in [-0.1, -0.05) is 60.7 Å². The zero-order chi connectivity index (χ0) is 23.0. The van der Waals surface area contributed by atoms with Crippen molar-refractivity contribution in [2.45, 2.75) is 19.9 Å². The van der Waals surface area contributed by atoms with E-state index in [2.05, 4.69) is 27.6 Å². The minimum atomic E-state index is -0.156. The summed E-state index contributed by atoms with van der Waals surface area (Å²) in [5, 5.41) is 4.25. The topological polar surface area (TPSA) is 68.5 Å². The fourth-order valence-electron chi connectivity index (χ4n) is 3.58. The van der Waals surface area contributed by atoms with E-state index >= 15 is 0 Å². The van der Waals surface area contributed by atoms with Crippen LogP contribution in [0.15, 0.2) is 96.4 Å². The number of carbonyl (C=O) groups is 1. The molecule has 3 aromatic carbocycles. The van der Waals surface area contributed by atoms with Gasteiger partial charge in [-0.25, -0.2) is 10.4 Å². The van der Waals surface area contributed by atoms with Crippen molar-refractivity contribution in [1.82, 2.24) is 15.0 Å². The predicted molar refractivity (Wildman–Crippen MR) is 131 cm³/mol. The van der Waals surface area contributed by atoms with E-state index in [1.807, 2.05) is 84.3 Å². The first kappa shape index (κ1) is 22.0. The Hall–Kier alpha value is -4.19. The molecule has 0 bridgehead atoms. The number of amides is 1. The Kier molecular flexibility index (Phi) is 6.95. The van der Waals surface area contributed by atoms with Crippen molar-refractivity contribution >= 4 is 11.6 Å². The molecule has 0 atom stereocenters. The van der Waals surface area contributed by atoms with Gasteiger partial charge < -0.3 is 9.30 Å². The number of hydrogen-bond donors (Lipinski definition) is 1. The molecule has 0 radical (unpaired) electrons. The second-order valence-electron chi connectivity index (χ2n) is 7.58. The molecule has 0 aliphatic carbocycles. The first-order chi connectivity index (χ1) is 16.2. The molecule has 1 heterocycles. The molecule has 1 N–H and O–H groups in total. The molecular weight excluding hydrogens is 412 g/mol. The van der Waals surface area contributed by atoms with Crippen LogP contribution in [0.25, 0.3) is 22.5 Å². The highest BCUT2D eigenvalue weighted by molar-refractivity contribution is 5.99. The SMILES string of the molecule is COc1ccc(C(C)=NNC(=O)CCn2cnc(-c3ccccc3)c2-c2ccccc2)cc1. The van der Waals surface area contributed by atoms with Gasteiger partial charge in [0.25, 0.3) is 0 Å². The number of hydrogen-bond acceptors (Lipinski definition) is 4. The summed E-state index contributed by atoms with van der Waals surface area (Å²) in [6.45, 7) is 2.35. The Balaban J connectivity index is 1.48. The van der Waals surface area contributed by atoms with Crippen molar-refractivity contribution in [2.75, 3.05) is 7.11 Å². The van der Waals surface area contributed by atoms with Crippen LogP contribution in [-0.4, -0.2) is 28.3 Å². The van der Waals surface area contributed by atoms with E-state index in [1.54, 1.807) is 13.4 Å². The van der Waals surface area contributed by atoms with Crippen LogP contribution in [-0.2, 0) is 11.3 Å². The van der Waals surface area contributed by atoms with E-state index < -0.39 is 0 Å². The summed E-state index contributed by atoms with van der Waals surface area (Å²) in [7, 11) is 1.63. The van der Waals surface area contributed by atoms with Crippen LogP contribution in [0.5, 0.6) is 5.75 Å². The second-order valence-corrected chi connectivity index (χ2v) is 7.58. The van der Waals surface area contributed by atoms with Gasteiger partial charge in [-0.15, -0.1) is 0 Å². The summed E-state index contributed by atoms with van der Waals surface area (Å²) in [5.74, 6) is 0.622. The number of ether oxygens (including phenoxy) is 1. The molecular formula is C27H26N4O2. The van der Waals surface area contributed by atoms with Gasteiger partial charge >= 0.3 is 0 Å². The average Bonchev–Trinajstić information content (AvgIpc) is 3.31. The third-order valence-electron chi connectivity index (χ3n) is 5.37. The van der Waals surface area contributed by atoms with Gasteiger partial charge in [0, 0.05) is 24.1 Å². The maximum absolute atomic E-state index is 12.5. The highest BCUT2D eigenvalue weighted by Crippen LogP contribution is 2.31. The second kappa shape index (κ2) is 10.4. The molecule has 6 heteroatoms. The Morgan fingerprint density at radius 2 is 1.58 bits per heavy atom. The predicted octanol–water partition coefficient (Wildman–Crippen LogP) is 5.16. The minimum absolute atomic E-state index is 0.156. The fraction of sp³-hybridized carbons (Fsp3) is 0.148. The number of imidazole rings is 1. The van der Waals surface area contributed by atoms with Crippen LogP contribution in [0, 0.1) is 0 Å².